The molecule has 0 unspecified atom stereocenters. The number of amides is 1. The third-order valence-electron chi connectivity index (χ3n) is 5.73. The molecule has 8 nitrogen and oxygen atoms in total. The second-order valence-electron chi connectivity index (χ2n) is 7.61. The van der Waals surface area contributed by atoms with E-state index in [0.717, 1.165) is 49.8 Å². The number of carboxylic acid groups (broad SMARTS) is 1. The lowest BCUT2D eigenvalue weighted by atomic mass is 10.1. The summed E-state index contributed by atoms with van der Waals surface area (Å²) in [6.07, 6.45) is 8.05. The van der Waals surface area contributed by atoms with Crippen LogP contribution < -0.4 is 5.73 Å². The second kappa shape index (κ2) is 10.7. The van der Waals surface area contributed by atoms with Crippen LogP contribution in [0.15, 0.2) is 36.5 Å². The van der Waals surface area contributed by atoms with Gasteiger partial charge in [-0.2, -0.15) is 0 Å². The van der Waals surface area contributed by atoms with Gasteiger partial charge in [0.15, 0.2) is 5.82 Å². The molecule has 0 bridgehead atoms. The number of anilines is 1. The Balaban J connectivity index is 0.000000806. The number of hydrogen-bond donors (Lipinski definition) is 2. The van der Waals surface area contributed by atoms with Crippen LogP contribution in [0.5, 0.6) is 0 Å². The van der Waals surface area contributed by atoms with Crippen LogP contribution in [0.4, 0.5) is 5.82 Å². The highest BCUT2D eigenvalue weighted by molar-refractivity contribution is 5.94. The van der Waals surface area contributed by atoms with Crippen LogP contribution in [0.25, 0.3) is 11.4 Å². The largest absolute Gasteiger partial charge is 0.483 e. The van der Waals surface area contributed by atoms with Crippen molar-refractivity contribution < 1.29 is 14.7 Å². The molecule has 3 N–H and O–H groups in total. The van der Waals surface area contributed by atoms with Crippen molar-refractivity contribution in [3.63, 3.8) is 0 Å². The number of nitrogen functional groups attached to an aromatic ring is 1. The Hall–Kier alpha value is -3.00. The lowest BCUT2D eigenvalue weighted by Gasteiger charge is -2.27. The van der Waals surface area contributed by atoms with Crippen molar-refractivity contribution in [3.8, 4) is 11.4 Å². The summed E-state index contributed by atoms with van der Waals surface area (Å²) in [6, 6.07) is 9.91. The van der Waals surface area contributed by atoms with Gasteiger partial charge < -0.3 is 15.7 Å². The van der Waals surface area contributed by atoms with Gasteiger partial charge >= 0.3 is 0 Å². The number of rotatable bonds is 3. The fourth-order valence-corrected chi connectivity index (χ4v) is 4.23. The Morgan fingerprint density at radius 1 is 1.03 bits per heavy atom. The van der Waals surface area contributed by atoms with Crippen molar-refractivity contribution in [3.05, 3.63) is 42.1 Å². The van der Waals surface area contributed by atoms with Gasteiger partial charge in [-0.15, -0.1) is 0 Å². The van der Waals surface area contributed by atoms with E-state index in [1.807, 2.05) is 29.2 Å². The summed E-state index contributed by atoms with van der Waals surface area (Å²) in [5.41, 5.74) is 7.31. The van der Waals surface area contributed by atoms with Crippen molar-refractivity contribution in [2.45, 2.75) is 38.1 Å². The molecule has 2 aromatic rings. The number of aromatic nitrogens is 2. The minimum Gasteiger partial charge on any atom is -0.483 e. The number of nitrogens with two attached hydrogens (primary N) is 1. The summed E-state index contributed by atoms with van der Waals surface area (Å²) >= 11 is 0. The number of hydrogen-bond acceptors (Lipinski definition) is 6. The zero-order valence-corrected chi connectivity index (χ0v) is 17.1. The number of benzene rings is 1. The molecule has 2 aliphatic rings. The van der Waals surface area contributed by atoms with Gasteiger partial charge in [0.05, 0.1) is 0 Å². The van der Waals surface area contributed by atoms with Crippen LogP contribution in [-0.2, 0) is 4.79 Å². The normalized spacial score (nSPS) is 17.7. The van der Waals surface area contributed by atoms with Crippen LogP contribution in [0.1, 0.15) is 42.5 Å². The van der Waals surface area contributed by atoms with E-state index in [-0.39, 0.29) is 12.4 Å². The van der Waals surface area contributed by atoms with Crippen LogP contribution in [0.2, 0.25) is 0 Å². The first kappa shape index (κ1) is 21.7. The standard InChI is InChI=1S/C21H27N5O.CH2O2/c22-19-10-11-23-20(24-19)16-6-8-17(9-7-16)21(27)26-13-3-12-25(14-15-26)18-4-1-2-5-18;2-1-3/h6-11,18H,1-5,12-15H2,(H2,22,23,24);1H,(H,2,3). The van der Waals surface area contributed by atoms with Gasteiger partial charge in [-0.25, -0.2) is 9.97 Å². The van der Waals surface area contributed by atoms with Crippen LogP contribution >= 0.6 is 0 Å². The van der Waals surface area contributed by atoms with Crippen LogP contribution in [0.3, 0.4) is 0 Å². The summed E-state index contributed by atoms with van der Waals surface area (Å²) in [5.74, 6) is 1.14. The maximum absolute atomic E-state index is 12.9. The molecular weight excluding hydrogens is 382 g/mol. The molecule has 30 heavy (non-hydrogen) atoms. The molecule has 160 valence electrons. The lowest BCUT2D eigenvalue weighted by molar-refractivity contribution is -0.122. The highest BCUT2D eigenvalue weighted by Crippen LogP contribution is 2.25. The third-order valence-corrected chi connectivity index (χ3v) is 5.73. The van der Waals surface area contributed by atoms with Gasteiger partial charge in [-0.05, 0) is 37.5 Å². The molecule has 1 aromatic heterocycles. The van der Waals surface area contributed by atoms with E-state index in [9.17, 15) is 4.79 Å². The quantitative estimate of drug-likeness (QED) is 0.746. The fourth-order valence-electron chi connectivity index (χ4n) is 4.23. The van der Waals surface area contributed by atoms with E-state index in [2.05, 4.69) is 14.9 Å². The monoisotopic (exact) mass is 411 g/mol. The molecule has 8 heteroatoms. The van der Waals surface area contributed by atoms with Crippen molar-refractivity contribution >= 4 is 18.2 Å². The molecule has 1 aliphatic carbocycles. The van der Waals surface area contributed by atoms with Gasteiger partial charge in [0.2, 0.25) is 0 Å². The first-order chi connectivity index (χ1) is 14.6. The van der Waals surface area contributed by atoms with E-state index in [1.165, 1.54) is 25.7 Å². The molecule has 2 heterocycles. The van der Waals surface area contributed by atoms with E-state index in [1.54, 1.807) is 12.3 Å². The van der Waals surface area contributed by atoms with Crippen molar-refractivity contribution in [1.29, 1.82) is 0 Å². The highest BCUT2D eigenvalue weighted by atomic mass is 16.3. The van der Waals surface area contributed by atoms with Crippen LogP contribution in [-0.4, -0.2) is 69.5 Å². The Bertz CT molecular complexity index is 837. The molecule has 0 spiro atoms. The number of carbonyl (C=O) groups is 2. The average Bonchev–Trinajstić information content (AvgIpc) is 3.19. The topological polar surface area (TPSA) is 113 Å². The summed E-state index contributed by atoms with van der Waals surface area (Å²) in [7, 11) is 0. The van der Waals surface area contributed by atoms with E-state index < -0.39 is 0 Å². The molecule has 2 fully saturated rings. The van der Waals surface area contributed by atoms with E-state index in [0.29, 0.717) is 11.6 Å². The van der Waals surface area contributed by atoms with Crippen molar-refractivity contribution in [1.82, 2.24) is 19.8 Å². The molecule has 0 atom stereocenters. The second-order valence-corrected chi connectivity index (χ2v) is 7.61. The molecule has 0 radical (unpaired) electrons. The van der Waals surface area contributed by atoms with Gasteiger partial charge in [0.25, 0.3) is 12.4 Å². The fraction of sp³-hybridized carbons (Fsp3) is 0.455. The summed E-state index contributed by atoms with van der Waals surface area (Å²) < 4.78 is 0. The minimum absolute atomic E-state index is 0.114. The first-order valence-electron chi connectivity index (χ1n) is 10.4. The highest BCUT2D eigenvalue weighted by Gasteiger charge is 2.26. The van der Waals surface area contributed by atoms with E-state index >= 15 is 0 Å². The Morgan fingerprint density at radius 2 is 1.73 bits per heavy atom. The minimum atomic E-state index is -0.250. The molecule has 1 saturated carbocycles. The number of nitrogens with zero attached hydrogens (tertiary/aromatic N) is 4. The molecule has 1 saturated heterocycles. The summed E-state index contributed by atoms with van der Waals surface area (Å²) in [4.78, 5) is 34.4. The van der Waals surface area contributed by atoms with Gasteiger partial charge in [-0.3, -0.25) is 14.5 Å². The molecule has 1 amide bonds. The Labute approximate surface area is 176 Å². The average molecular weight is 412 g/mol. The first-order valence-corrected chi connectivity index (χ1v) is 10.4. The Kier molecular flexibility index (Phi) is 7.73. The third kappa shape index (κ3) is 5.54. The molecule has 4 rings (SSSR count). The van der Waals surface area contributed by atoms with Gasteiger partial charge in [0, 0.05) is 49.5 Å². The maximum Gasteiger partial charge on any atom is 0.290 e. The van der Waals surface area contributed by atoms with Gasteiger partial charge in [0.1, 0.15) is 5.82 Å². The summed E-state index contributed by atoms with van der Waals surface area (Å²) in [5, 5.41) is 6.89. The zero-order valence-electron chi connectivity index (χ0n) is 17.1. The van der Waals surface area contributed by atoms with Gasteiger partial charge in [-0.1, -0.05) is 25.0 Å². The van der Waals surface area contributed by atoms with Crippen LogP contribution in [0, 0.1) is 0 Å². The maximum atomic E-state index is 12.9. The van der Waals surface area contributed by atoms with E-state index in [4.69, 9.17) is 15.6 Å². The zero-order chi connectivity index (χ0) is 21.3. The molecule has 1 aliphatic heterocycles. The SMILES string of the molecule is Nc1ccnc(-c2ccc(C(=O)N3CCCN(C4CCCC4)CC3)cc2)n1.O=CO. The summed E-state index contributed by atoms with van der Waals surface area (Å²) in [6.45, 7) is 3.50. The predicted octanol–water partition coefficient (Wildman–Crippen LogP) is 2.52. The number of carbonyl (C=O) groups excluding carboxylic acids is 1. The lowest BCUT2D eigenvalue weighted by Crippen LogP contribution is -2.38. The Morgan fingerprint density at radius 3 is 2.40 bits per heavy atom. The van der Waals surface area contributed by atoms with Crippen molar-refractivity contribution in [2.24, 2.45) is 0 Å². The predicted molar refractivity (Wildman–Crippen MR) is 115 cm³/mol. The molecule has 1 aromatic carbocycles. The smallest absolute Gasteiger partial charge is 0.290 e. The molecular formula is C22H29N5O3. The van der Waals surface area contributed by atoms with Crippen molar-refractivity contribution in [2.75, 3.05) is 31.9 Å².